The second kappa shape index (κ2) is 7.40. The summed E-state index contributed by atoms with van der Waals surface area (Å²) in [5.41, 5.74) is 1.92. The summed E-state index contributed by atoms with van der Waals surface area (Å²) in [7, 11) is 1.64. The molecule has 7 heteroatoms. The maximum absolute atomic E-state index is 13.3. The maximum Gasteiger partial charge on any atom is 0.264 e. The lowest BCUT2D eigenvalue weighted by Crippen LogP contribution is -2.33. The van der Waals surface area contributed by atoms with E-state index in [0.29, 0.717) is 25.6 Å². The lowest BCUT2D eigenvalue weighted by molar-refractivity contribution is 0.0671. The average molecular weight is 385 g/mol. The first-order chi connectivity index (χ1) is 13.1. The summed E-state index contributed by atoms with van der Waals surface area (Å²) in [5.74, 6) is 2.15. The third-order valence-electron chi connectivity index (χ3n) is 4.90. The van der Waals surface area contributed by atoms with Crippen molar-refractivity contribution in [2.24, 2.45) is 0 Å². The SMILES string of the molecule is COCCN(Cc1ccco1)C(=O)c1sc2nc(C3CC3)nc(C)c2c1C. The molecule has 3 aromatic rings. The minimum absolute atomic E-state index is 0.0173. The van der Waals surface area contributed by atoms with Crippen molar-refractivity contribution in [2.75, 3.05) is 20.3 Å². The molecule has 0 saturated heterocycles. The molecule has 0 atom stereocenters. The van der Waals surface area contributed by atoms with Crippen LogP contribution in [-0.2, 0) is 11.3 Å². The second-order valence-electron chi connectivity index (χ2n) is 6.98. The summed E-state index contributed by atoms with van der Waals surface area (Å²) in [6.45, 7) is 5.39. The van der Waals surface area contributed by atoms with E-state index < -0.39 is 0 Å². The van der Waals surface area contributed by atoms with Crippen LogP contribution >= 0.6 is 11.3 Å². The highest BCUT2D eigenvalue weighted by Crippen LogP contribution is 2.40. The highest BCUT2D eigenvalue weighted by atomic mass is 32.1. The van der Waals surface area contributed by atoms with Crippen molar-refractivity contribution < 1.29 is 13.9 Å². The topological polar surface area (TPSA) is 68.5 Å². The van der Waals surface area contributed by atoms with Crippen molar-refractivity contribution in [3.8, 4) is 0 Å². The number of amides is 1. The predicted octanol–water partition coefficient (Wildman–Crippen LogP) is 4.07. The van der Waals surface area contributed by atoms with E-state index in [1.807, 2.05) is 26.0 Å². The highest BCUT2D eigenvalue weighted by Gasteiger charge is 2.29. The standard InChI is InChI=1S/C20H23N3O3S/c1-12-16-13(2)21-18(14-6-7-14)22-19(16)27-17(12)20(24)23(8-10-25-3)11-15-5-4-9-26-15/h4-5,9,14H,6-8,10-11H2,1-3H3. The normalized spacial score (nSPS) is 14.0. The largest absolute Gasteiger partial charge is 0.467 e. The fourth-order valence-corrected chi connectivity index (χ4v) is 4.48. The molecule has 4 rings (SSSR count). The van der Waals surface area contributed by atoms with Gasteiger partial charge in [-0.1, -0.05) is 0 Å². The summed E-state index contributed by atoms with van der Waals surface area (Å²) in [6.07, 6.45) is 3.95. The van der Waals surface area contributed by atoms with Crippen LogP contribution in [0.1, 0.15) is 51.3 Å². The smallest absolute Gasteiger partial charge is 0.264 e. The van der Waals surface area contributed by atoms with Gasteiger partial charge < -0.3 is 14.1 Å². The van der Waals surface area contributed by atoms with Gasteiger partial charge in [0.2, 0.25) is 0 Å². The number of nitrogens with zero attached hydrogens (tertiary/aromatic N) is 3. The molecule has 0 bridgehead atoms. The van der Waals surface area contributed by atoms with Crippen LogP contribution in [0.4, 0.5) is 0 Å². The number of ether oxygens (including phenoxy) is 1. The van der Waals surface area contributed by atoms with E-state index in [1.165, 1.54) is 11.3 Å². The number of hydrogen-bond acceptors (Lipinski definition) is 6. The molecule has 1 saturated carbocycles. The molecule has 27 heavy (non-hydrogen) atoms. The molecule has 1 amide bonds. The van der Waals surface area contributed by atoms with Crippen molar-refractivity contribution >= 4 is 27.5 Å². The first kappa shape index (κ1) is 18.1. The number of fused-ring (bicyclic) bond motifs is 1. The third kappa shape index (κ3) is 3.61. The summed E-state index contributed by atoms with van der Waals surface area (Å²) >= 11 is 1.47. The fraction of sp³-hybridized carbons (Fsp3) is 0.450. The quantitative estimate of drug-likeness (QED) is 0.613. The van der Waals surface area contributed by atoms with Crippen LogP contribution < -0.4 is 0 Å². The molecule has 142 valence electrons. The molecule has 3 heterocycles. The fourth-order valence-electron chi connectivity index (χ4n) is 3.28. The van der Waals surface area contributed by atoms with Gasteiger partial charge in [-0.2, -0.15) is 0 Å². The molecular weight excluding hydrogens is 362 g/mol. The van der Waals surface area contributed by atoms with Gasteiger partial charge in [-0.25, -0.2) is 9.97 Å². The molecule has 0 aromatic carbocycles. The average Bonchev–Trinajstić information content (AvgIpc) is 3.28. The molecule has 0 N–H and O–H groups in total. The Hall–Kier alpha value is -2.25. The number of methoxy groups -OCH3 is 1. The summed E-state index contributed by atoms with van der Waals surface area (Å²) in [6, 6.07) is 3.71. The van der Waals surface area contributed by atoms with E-state index in [4.69, 9.17) is 14.1 Å². The van der Waals surface area contributed by atoms with E-state index >= 15 is 0 Å². The maximum atomic E-state index is 13.3. The number of carbonyl (C=O) groups is 1. The first-order valence-corrected chi connectivity index (χ1v) is 9.98. The van der Waals surface area contributed by atoms with Crippen LogP contribution in [-0.4, -0.2) is 41.0 Å². The van der Waals surface area contributed by atoms with Gasteiger partial charge >= 0.3 is 0 Å². The van der Waals surface area contributed by atoms with Gasteiger partial charge in [-0.3, -0.25) is 4.79 Å². The van der Waals surface area contributed by atoms with Crippen LogP contribution in [0.2, 0.25) is 0 Å². The molecule has 0 radical (unpaired) electrons. The van der Waals surface area contributed by atoms with Crippen LogP contribution in [0.3, 0.4) is 0 Å². The molecule has 3 aromatic heterocycles. The Kier molecular flexibility index (Phi) is 4.97. The molecule has 1 aliphatic carbocycles. The lowest BCUT2D eigenvalue weighted by Gasteiger charge is -2.21. The van der Waals surface area contributed by atoms with Gasteiger partial charge in [0, 0.05) is 25.0 Å². The Bertz CT molecular complexity index is 961. The molecule has 0 unspecified atom stereocenters. The number of aryl methyl sites for hydroxylation is 2. The molecule has 1 aliphatic rings. The number of hydrogen-bond donors (Lipinski definition) is 0. The van der Waals surface area contributed by atoms with Gasteiger partial charge in [0.05, 0.1) is 30.0 Å². The minimum atomic E-state index is -0.0173. The van der Waals surface area contributed by atoms with Crippen LogP contribution in [0, 0.1) is 13.8 Å². The van der Waals surface area contributed by atoms with Crippen LogP contribution in [0.15, 0.2) is 22.8 Å². The van der Waals surface area contributed by atoms with Crippen molar-refractivity contribution in [2.45, 2.75) is 39.2 Å². The van der Waals surface area contributed by atoms with Gasteiger partial charge in [-0.15, -0.1) is 11.3 Å². The van der Waals surface area contributed by atoms with Crippen LogP contribution in [0.5, 0.6) is 0 Å². The summed E-state index contributed by atoms with van der Waals surface area (Å²) in [5, 5.41) is 1.01. The number of thiophene rings is 1. The predicted molar refractivity (Wildman–Crippen MR) is 104 cm³/mol. The van der Waals surface area contributed by atoms with Crippen molar-refractivity contribution in [1.82, 2.24) is 14.9 Å². The van der Waals surface area contributed by atoms with Gasteiger partial charge in [0.1, 0.15) is 16.4 Å². The van der Waals surface area contributed by atoms with E-state index in [1.54, 1.807) is 18.3 Å². The van der Waals surface area contributed by atoms with Crippen molar-refractivity contribution in [1.29, 1.82) is 0 Å². The Morgan fingerprint density at radius 3 is 2.85 bits per heavy atom. The monoisotopic (exact) mass is 385 g/mol. The highest BCUT2D eigenvalue weighted by molar-refractivity contribution is 7.20. The van der Waals surface area contributed by atoms with E-state index in [9.17, 15) is 4.79 Å². The van der Waals surface area contributed by atoms with E-state index in [0.717, 1.165) is 50.8 Å². The van der Waals surface area contributed by atoms with Gasteiger partial charge in [-0.05, 0) is 44.4 Å². The van der Waals surface area contributed by atoms with Gasteiger partial charge in [0.25, 0.3) is 5.91 Å². The zero-order chi connectivity index (χ0) is 19.0. The Morgan fingerprint density at radius 2 is 2.19 bits per heavy atom. The Morgan fingerprint density at radius 1 is 1.37 bits per heavy atom. The Labute approximate surface area is 162 Å². The number of furan rings is 1. The molecule has 6 nitrogen and oxygen atoms in total. The van der Waals surface area contributed by atoms with E-state index in [-0.39, 0.29) is 5.91 Å². The number of rotatable bonds is 7. The summed E-state index contributed by atoms with van der Waals surface area (Å²) < 4.78 is 10.6. The number of carbonyl (C=O) groups excluding carboxylic acids is 1. The van der Waals surface area contributed by atoms with Crippen molar-refractivity contribution in [3.63, 3.8) is 0 Å². The molecule has 0 spiro atoms. The molecule has 1 fully saturated rings. The first-order valence-electron chi connectivity index (χ1n) is 9.16. The molecule has 0 aliphatic heterocycles. The van der Waals surface area contributed by atoms with Crippen LogP contribution in [0.25, 0.3) is 10.2 Å². The zero-order valence-corrected chi connectivity index (χ0v) is 16.6. The van der Waals surface area contributed by atoms with Gasteiger partial charge in [0.15, 0.2) is 0 Å². The zero-order valence-electron chi connectivity index (χ0n) is 15.8. The van der Waals surface area contributed by atoms with E-state index in [2.05, 4.69) is 4.98 Å². The van der Waals surface area contributed by atoms with Crippen molar-refractivity contribution in [3.05, 3.63) is 46.1 Å². The Balaban J connectivity index is 1.68. The lowest BCUT2D eigenvalue weighted by atomic mass is 10.1. The number of aromatic nitrogens is 2. The third-order valence-corrected chi connectivity index (χ3v) is 6.08. The molecular formula is C20H23N3O3S. The minimum Gasteiger partial charge on any atom is -0.467 e. The second-order valence-corrected chi connectivity index (χ2v) is 7.98. The summed E-state index contributed by atoms with van der Waals surface area (Å²) in [4.78, 5) is 26.1.